The summed E-state index contributed by atoms with van der Waals surface area (Å²) in [4.78, 5) is 0. The summed E-state index contributed by atoms with van der Waals surface area (Å²) in [6, 6.07) is 4.02. The van der Waals surface area contributed by atoms with E-state index in [9.17, 15) is 5.11 Å². The van der Waals surface area contributed by atoms with E-state index >= 15 is 0 Å². The smallest absolute Gasteiger partial charge is 0.132 e. The molecule has 0 heterocycles. The van der Waals surface area contributed by atoms with E-state index in [0.29, 0.717) is 5.75 Å². The van der Waals surface area contributed by atoms with Crippen molar-refractivity contribution in [3.05, 3.63) is 37.5 Å². The van der Waals surface area contributed by atoms with Crippen molar-refractivity contribution in [3.63, 3.8) is 0 Å². The third-order valence-corrected chi connectivity index (χ3v) is 3.41. The van der Waals surface area contributed by atoms with Gasteiger partial charge in [0.1, 0.15) is 5.75 Å². The van der Waals surface area contributed by atoms with Gasteiger partial charge in [0, 0.05) is 3.57 Å². The Kier molecular flexibility index (Phi) is 5.22. The van der Waals surface area contributed by atoms with Crippen molar-refractivity contribution in [3.8, 4) is 5.75 Å². The molecule has 0 aliphatic rings. The molecule has 3 heteroatoms. The molecule has 1 N–H and O–H groups in total. The van der Waals surface area contributed by atoms with Gasteiger partial charge in [0.15, 0.2) is 0 Å². The molecule has 76 valence electrons. The van der Waals surface area contributed by atoms with Crippen LogP contribution in [0.25, 0.3) is 0 Å². The molecule has 0 aliphatic heterocycles. The molecular weight excluding hydrogens is 402 g/mol. The van der Waals surface area contributed by atoms with Crippen molar-refractivity contribution in [1.29, 1.82) is 0 Å². The summed E-state index contributed by atoms with van der Waals surface area (Å²) in [5, 5.41) is 9.78. The molecule has 0 fully saturated rings. The summed E-state index contributed by atoms with van der Waals surface area (Å²) in [5.41, 5.74) is 1.04. The third kappa shape index (κ3) is 3.42. The molecule has 1 rings (SSSR count). The van der Waals surface area contributed by atoms with E-state index in [4.69, 9.17) is 0 Å². The average molecular weight is 414 g/mol. The van der Waals surface area contributed by atoms with Gasteiger partial charge in [-0.2, -0.15) is 0 Å². The molecule has 0 unspecified atom stereocenters. The molecule has 0 saturated carbocycles. The summed E-state index contributed by atoms with van der Waals surface area (Å²) >= 11 is 4.43. The first-order valence-corrected chi connectivity index (χ1v) is 6.58. The molecule has 0 bridgehead atoms. The lowest BCUT2D eigenvalue weighted by Gasteiger charge is -2.06. The van der Waals surface area contributed by atoms with E-state index in [2.05, 4.69) is 51.8 Å². The fourth-order valence-electron chi connectivity index (χ4n) is 1.25. The van der Waals surface area contributed by atoms with E-state index in [1.54, 1.807) is 0 Å². The van der Waals surface area contributed by atoms with Gasteiger partial charge in [-0.25, -0.2) is 0 Å². The number of aromatic hydroxyl groups is 1. The molecule has 0 radical (unpaired) electrons. The zero-order valence-electron chi connectivity index (χ0n) is 7.76. The summed E-state index contributed by atoms with van der Waals surface area (Å²) < 4.78 is 2.11. The van der Waals surface area contributed by atoms with Crippen LogP contribution in [0.3, 0.4) is 0 Å². The number of rotatable bonds is 4. The lowest BCUT2D eigenvalue weighted by atomic mass is 10.1. The Morgan fingerprint density at radius 3 is 2.71 bits per heavy atom. The Morgan fingerprint density at radius 2 is 2.07 bits per heavy atom. The zero-order chi connectivity index (χ0) is 10.6. The van der Waals surface area contributed by atoms with Crippen molar-refractivity contribution >= 4 is 45.2 Å². The SMILES string of the molecule is C=CCCCc1cc(I)cc(I)c1O. The van der Waals surface area contributed by atoms with E-state index in [0.717, 1.165) is 28.4 Å². The number of benzene rings is 1. The maximum absolute atomic E-state index is 9.78. The van der Waals surface area contributed by atoms with Gasteiger partial charge in [-0.1, -0.05) is 6.08 Å². The van der Waals surface area contributed by atoms with Gasteiger partial charge in [-0.05, 0) is 82.1 Å². The monoisotopic (exact) mass is 414 g/mol. The number of aryl methyl sites for hydroxylation is 1. The molecule has 1 aromatic rings. The number of hydrogen-bond donors (Lipinski definition) is 1. The highest BCUT2D eigenvalue weighted by atomic mass is 127. The van der Waals surface area contributed by atoms with Crippen molar-refractivity contribution in [2.24, 2.45) is 0 Å². The predicted molar refractivity (Wildman–Crippen MR) is 76.7 cm³/mol. The van der Waals surface area contributed by atoms with Crippen molar-refractivity contribution in [2.45, 2.75) is 19.3 Å². The van der Waals surface area contributed by atoms with E-state index in [1.807, 2.05) is 18.2 Å². The molecule has 0 amide bonds. The summed E-state index contributed by atoms with van der Waals surface area (Å²) in [7, 11) is 0. The second kappa shape index (κ2) is 5.95. The largest absolute Gasteiger partial charge is 0.507 e. The van der Waals surface area contributed by atoms with Crippen LogP contribution in [0.1, 0.15) is 18.4 Å². The molecule has 1 aromatic carbocycles. The first kappa shape index (κ1) is 12.3. The van der Waals surface area contributed by atoms with Gasteiger partial charge in [0.25, 0.3) is 0 Å². The highest BCUT2D eigenvalue weighted by Gasteiger charge is 2.06. The Balaban J connectivity index is 2.79. The van der Waals surface area contributed by atoms with Crippen LogP contribution in [0.15, 0.2) is 24.8 Å². The quantitative estimate of drug-likeness (QED) is 0.447. The Morgan fingerprint density at radius 1 is 1.36 bits per heavy atom. The summed E-state index contributed by atoms with van der Waals surface area (Å²) in [6.45, 7) is 3.68. The molecule has 0 spiro atoms. The third-order valence-electron chi connectivity index (χ3n) is 1.96. The number of allylic oxidation sites excluding steroid dienone is 1. The fourth-order valence-corrected chi connectivity index (χ4v) is 3.21. The minimum atomic E-state index is 0.440. The number of phenols is 1. The minimum absolute atomic E-state index is 0.440. The molecule has 14 heavy (non-hydrogen) atoms. The molecule has 1 nitrogen and oxygen atoms in total. The van der Waals surface area contributed by atoms with Crippen LogP contribution in [-0.4, -0.2) is 5.11 Å². The first-order chi connectivity index (χ1) is 6.65. The summed E-state index contributed by atoms with van der Waals surface area (Å²) in [5.74, 6) is 0.440. The standard InChI is InChI=1S/C11H12I2O/c1-2-3-4-5-8-6-9(12)7-10(13)11(8)14/h2,6-7,14H,1,3-5H2. The lowest BCUT2D eigenvalue weighted by Crippen LogP contribution is -1.89. The van der Waals surface area contributed by atoms with Gasteiger partial charge in [-0.3, -0.25) is 0 Å². The molecule has 0 aliphatic carbocycles. The second-order valence-electron chi connectivity index (χ2n) is 3.08. The topological polar surface area (TPSA) is 20.2 Å². The summed E-state index contributed by atoms with van der Waals surface area (Å²) in [6.07, 6.45) is 4.88. The highest BCUT2D eigenvalue weighted by Crippen LogP contribution is 2.28. The lowest BCUT2D eigenvalue weighted by molar-refractivity contribution is 0.463. The minimum Gasteiger partial charge on any atom is -0.507 e. The molecular formula is C11H12I2O. The van der Waals surface area contributed by atoms with Crippen LogP contribution in [0.2, 0.25) is 0 Å². The van der Waals surface area contributed by atoms with Crippen molar-refractivity contribution in [1.82, 2.24) is 0 Å². The normalized spacial score (nSPS) is 10.1. The number of hydrogen-bond acceptors (Lipinski definition) is 1. The fraction of sp³-hybridized carbons (Fsp3) is 0.273. The van der Waals surface area contributed by atoms with Gasteiger partial charge < -0.3 is 5.11 Å². The number of halogens is 2. The van der Waals surface area contributed by atoms with Gasteiger partial charge in [0.05, 0.1) is 3.57 Å². The number of unbranched alkanes of at least 4 members (excludes halogenated alkanes) is 1. The van der Waals surface area contributed by atoms with Crippen LogP contribution >= 0.6 is 45.2 Å². The molecule has 0 saturated heterocycles. The predicted octanol–water partition coefficient (Wildman–Crippen LogP) is 4.11. The Bertz CT molecular complexity index is 334. The maximum atomic E-state index is 9.78. The van der Waals surface area contributed by atoms with Crippen LogP contribution in [0, 0.1) is 7.14 Å². The Hall–Kier alpha value is 0.220. The maximum Gasteiger partial charge on any atom is 0.132 e. The van der Waals surface area contributed by atoms with Crippen LogP contribution < -0.4 is 0 Å². The molecule has 0 atom stereocenters. The Labute approximate surface area is 112 Å². The highest BCUT2D eigenvalue weighted by molar-refractivity contribution is 14.1. The van der Waals surface area contributed by atoms with Crippen LogP contribution in [0.5, 0.6) is 5.75 Å². The van der Waals surface area contributed by atoms with E-state index in [1.165, 1.54) is 3.57 Å². The average Bonchev–Trinajstić information content (AvgIpc) is 2.13. The zero-order valence-corrected chi connectivity index (χ0v) is 12.1. The van der Waals surface area contributed by atoms with Gasteiger partial charge >= 0.3 is 0 Å². The van der Waals surface area contributed by atoms with E-state index < -0.39 is 0 Å². The van der Waals surface area contributed by atoms with Gasteiger partial charge in [-0.15, -0.1) is 6.58 Å². The number of phenolic OH excluding ortho intramolecular Hbond substituents is 1. The second-order valence-corrected chi connectivity index (χ2v) is 5.48. The molecule has 0 aromatic heterocycles. The van der Waals surface area contributed by atoms with E-state index in [-0.39, 0.29) is 0 Å². The van der Waals surface area contributed by atoms with Crippen LogP contribution in [-0.2, 0) is 6.42 Å². The van der Waals surface area contributed by atoms with Crippen molar-refractivity contribution in [2.75, 3.05) is 0 Å². The van der Waals surface area contributed by atoms with Crippen LogP contribution in [0.4, 0.5) is 0 Å². The first-order valence-electron chi connectivity index (χ1n) is 4.43. The van der Waals surface area contributed by atoms with Gasteiger partial charge in [0.2, 0.25) is 0 Å². The van der Waals surface area contributed by atoms with Crippen molar-refractivity contribution < 1.29 is 5.11 Å².